The number of carbonyl (C=O) groups is 1. The SMILES string of the molecule is O=C(Cn1cc([N+](=O)[O-])cn1)NCC(O)C1CC1. The Morgan fingerprint density at radius 2 is 2.44 bits per heavy atom. The van der Waals surface area contributed by atoms with Crippen LogP contribution in [0.25, 0.3) is 0 Å². The van der Waals surface area contributed by atoms with E-state index in [1.807, 2.05) is 0 Å². The van der Waals surface area contributed by atoms with Gasteiger partial charge in [-0.05, 0) is 18.8 Å². The lowest BCUT2D eigenvalue weighted by molar-refractivity contribution is -0.385. The number of aliphatic hydroxyl groups excluding tert-OH is 1. The second-order valence-electron chi connectivity index (χ2n) is 4.36. The van der Waals surface area contributed by atoms with Crippen molar-refractivity contribution < 1.29 is 14.8 Å². The molecule has 8 nitrogen and oxygen atoms in total. The smallest absolute Gasteiger partial charge is 0.307 e. The molecule has 1 heterocycles. The fraction of sp³-hybridized carbons (Fsp3) is 0.600. The summed E-state index contributed by atoms with van der Waals surface area (Å²) in [5, 5.41) is 26.2. The largest absolute Gasteiger partial charge is 0.391 e. The number of carbonyl (C=O) groups excluding carboxylic acids is 1. The van der Waals surface area contributed by atoms with E-state index < -0.39 is 11.0 Å². The zero-order chi connectivity index (χ0) is 13.1. The maximum Gasteiger partial charge on any atom is 0.307 e. The number of amides is 1. The second-order valence-corrected chi connectivity index (χ2v) is 4.36. The Labute approximate surface area is 103 Å². The molecule has 2 N–H and O–H groups in total. The van der Waals surface area contributed by atoms with Crippen molar-refractivity contribution in [1.29, 1.82) is 0 Å². The molecule has 0 saturated heterocycles. The summed E-state index contributed by atoms with van der Waals surface area (Å²) in [7, 11) is 0. The molecule has 98 valence electrons. The molecule has 1 aromatic heterocycles. The van der Waals surface area contributed by atoms with Crippen LogP contribution in [0.15, 0.2) is 12.4 Å². The van der Waals surface area contributed by atoms with Crippen LogP contribution >= 0.6 is 0 Å². The average Bonchev–Trinajstić information content (AvgIpc) is 3.07. The molecular weight excluding hydrogens is 240 g/mol. The van der Waals surface area contributed by atoms with E-state index in [0.29, 0.717) is 5.92 Å². The number of nitro groups is 1. The van der Waals surface area contributed by atoms with E-state index in [1.54, 1.807) is 0 Å². The molecule has 0 spiro atoms. The third kappa shape index (κ3) is 3.27. The summed E-state index contributed by atoms with van der Waals surface area (Å²) in [4.78, 5) is 21.3. The van der Waals surface area contributed by atoms with Crippen LogP contribution in [-0.4, -0.2) is 38.4 Å². The van der Waals surface area contributed by atoms with E-state index in [-0.39, 0.29) is 24.7 Å². The molecule has 2 rings (SSSR count). The van der Waals surface area contributed by atoms with Crippen LogP contribution < -0.4 is 5.32 Å². The van der Waals surface area contributed by atoms with Gasteiger partial charge in [0.15, 0.2) is 0 Å². The van der Waals surface area contributed by atoms with Crippen LogP contribution in [0.4, 0.5) is 5.69 Å². The molecule has 1 aliphatic carbocycles. The van der Waals surface area contributed by atoms with E-state index in [4.69, 9.17) is 0 Å². The molecule has 1 unspecified atom stereocenters. The second kappa shape index (κ2) is 5.13. The van der Waals surface area contributed by atoms with Crippen molar-refractivity contribution in [2.45, 2.75) is 25.5 Å². The maximum absolute atomic E-state index is 11.5. The van der Waals surface area contributed by atoms with Crippen LogP contribution in [0.3, 0.4) is 0 Å². The van der Waals surface area contributed by atoms with Crippen molar-refractivity contribution in [2.75, 3.05) is 6.54 Å². The lowest BCUT2D eigenvalue weighted by Gasteiger charge is -2.10. The first-order chi connectivity index (χ1) is 8.56. The van der Waals surface area contributed by atoms with Gasteiger partial charge in [0.25, 0.3) is 0 Å². The molecule has 1 aromatic rings. The van der Waals surface area contributed by atoms with Gasteiger partial charge in [-0.3, -0.25) is 19.6 Å². The number of nitrogens with zero attached hydrogens (tertiary/aromatic N) is 3. The van der Waals surface area contributed by atoms with Gasteiger partial charge in [0.1, 0.15) is 18.9 Å². The lowest BCUT2D eigenvalue weighted by atomic mass is 10.2. The minimum atomic E-state index is -0.571. The Balaban J connectivity index is 1.77. The van der Waals surface area contributed by atoms with Crippen LogP contribution in [0.5, 0.6) is 0 Å². The Hall–Kier alpha value is -1.96. The van der Waals surface area contributed by atoms with Crippen LogP contribution in [-0.2, 0) is 11.3 Å². The molecule has 0 aromatic carbocycles. The first kappa shape index (κ1) is 12.5. The van der Waals surface area contributed by atoms with Gasteiger partial charge in [-0.25, -0.2) is 0 Å². The van der Waals surface area contributed by atoms with Gasteiger partial charge in [0, 0.05) is 6.54 Å². The molecule has 0 bridgehead atoms. The predicted octanol–water partition coefficient (Wildman–Crippen LogP) is -0.322. The maximum atomic E-state index is 11.5. The number of rotatable bonds is 6. The van der Waals surface area contributed by atoms with Gasteiger partial charge in [-0.2, -0.15) is 5.10 Å². The zero-order valence-electron chi connectivity index (χ0n) is 9.65. The van der Waals surface area contributed by atoms with Crippen LogP contribution in [0.1, 0.15) is 12.8 Å². The Morgan fingerprint density at radius 3 is 3.00 bits per heavy atom. The summed E-state index contributed by atoms with van der Waals surface area (Å²) in [6, 6.07) is 0. The van der Waals surface area contributed by atoms with Crippen molar-refractivity contribution in [2.24, 2.45) is 5.92 Å². The number of nitrogens with one attached hydrogen (secondary N) is 1. The summed E-state index contributed by atoms with van der Waals surface area (Å²) in [5.74, 6) is -0.0243. The number of hydrogen-bond donors (Lipinski definition) is 2. The Morgan fingerprint density at radius 1 is 1.72 bits per heavy atom. The lowest BCUT2D eigenvalue weighted by Crippen LogP contribution is -2.35. The van der Waals surface area contributed by atoms with E-state index in [9.17, 15) is 20.0 Å². The van der Waals surface area contributed by atoms with Crippen molar-refractivity contribution in [1.82, 2.24) is 15.1 Å². The average molecular weight is 254 g/mol. The molecule has 1 aliphatic rings. The highest BCUT2D eigenvalue weighted by Gasteiger charge is 2.29. The summed E-state index contributed by atoms with van der Waals surface area (Å²) in [5.41, 5.74) is -0.152. The summed E-state index contributed by atoms with van der Waals surface area (Å²) in [6.07, 6.45) is 3.79. The van der Waals surface area contributed by atoms with Gasteiger partial charge in [-0.1, -0.05) is 0 Å². The summed E-state index contributed by atoms with van der Waals surface area (Å²) >= 11 is 0. The topological polar surface area (TPSA) is 110 Å². The quantitative estimate of drug-likeness (QED) is 0.534. The van der Waals surface area contributed by atoms with Gasteiger partial charge in [0.2, 0.25) is 5.91 Å². The van der Waals surface area contributed by atoms with Crippen molar-refractivity contribution in [3.8, 4) is 0 Å². The van der Waals surface area contributed by atoms with Crippen LogP contribution in [0.2, 0.25) is 0 Å². The highest BCUT2D eigenvalue weighted by atomic mass is 16.6. The summed E-state index contributed by atoms with van der Waals surface area (Å²) < 4.78 is 1.19. The molecule has 1 fully saturated rings. The van der Waals surface area contributed by atoms with Crippen molar-refractivity contribution in [3.63, 3.8) is 0 Å². The normalized spacial score (nSPS) is 16.3. The number of hydrogen-bond acceptors (Lipinski definition) is 5. The van der Waals surface area contributed by atoms with Crippen molar-refractivity contribution >= 4 is 11.6 Å². The first-order valence-electron chi connectivity index (χ1n) is 5.68. The molecule has 0 radical (unpaired) electrons. The van der Waals surface area contributed by atoms with E-state index in [0.717, 1.165) is 19.0 Å². The van der Waals surface area contributed by atoms with Gasteiger partial charge in [-0.15, -0.1) is 0 Å². The molecule has 1 saturated carbocycles. The van der Waals surface area contributed by atoms with E-state index in [2.05, 4.69) is 10.4 Å². The Kier molecular flexibility index (Phi) is 3.56. The molecule has 18 heavy (non-hydrogen) atoms. The molecule has 8 heteroatoms. The van der Waals surface area contributed by atoms with Gasteiger partial charge < -0.3 is 10.4 Å². The minimum Gasteiger partial charge on any atom is -0.391 e. The summed E-state index contributed by atoms with van der Waals surface area (Å²) in [6.45, 7) is 0.123. The van der Waals surface area contributed by atoms with E-state index >= 15 is 0 Å². The fourth-order valence-electron chi connectivity index (χ4n) is 1.60. The standard InChI is InChI=1S/C10H14N4O4/c15-9(7-1-2-7)4-11-10(16)6-13-5-8(3-12-13)14(17)18/h3,5,7,9,15H,1-2,4,6H2,(H,11,16). The van der Waals surface area contributed by atoms with Gasteiger partial charge >= 0.3 is 5.69 Å². The molecule has 0 aliphatic heterocycles. The van der Waals surface area contributed by atoms with Crippen molar-refractivity contribution in [3.05, 3.63) is 22.5 Å². The zero-order valence-corrected chi connectivity index (χ0v) is 9.65. The Bertz CT molecular complexity index is 454. The first-order valence-corrected chi connectivity index (χ1v) is 5.68. The van der Waals surface area contributed by atoms with Crippen LogP contribution in [0, 0.1) is 16.0 Å². The minimum absolute atomic E-state index is 0.0920. The fourth-order valence-corrected chi connectivity index (χ4v) is 1.60. The third-order valence-corrected chi connectivity index (χ3v) is 2.81. The highest BCUT2D eigenvalue weighted by Crippen LogP contribution is 2.32. The number of aliphatic hydroxyl groups is 1. The van der Waals surface area contributed by atoms with E-state index in [1.165, 1.54) is 10.9 Å². The monoisotopic (exact) mass is 254 g/mol. The number of aromatic nitrogens is 2. The predicted molar refractivity (Wildman–Crippen MR) is 60.6 cm³/mol. The molecule has 1 atom stereocenters. The molecule has 1 amide bonds. The highest BCUT2D eigenvalue weighted by molar-refractivity contribution is 5.75. The van der Waals surface area contributed by atoms with Gasteiger partial charge in [0.05, 0.1) is 11.0 Å². The molecular formula is C10H14N4O4. The third-order valence-electron chi connectivity index (χ3n) is 2.81.